The lowest BCUT2D eigenvalue weighted by Crippen LogP contribution is -2.44. The van der Waals surface area contributed by atoms with Gasteiger partial charge in [-0.05, 0) is 48.9 Å². The molecule has 1 unspecified atom stereocenters. The van der Waals surface area contributed by atoms with Crippen molar-refractivity contribution in [2.24, 2.45) is 16.7 Å². The van der Waals surface area contributed by atoms with E-state index in [1.54, 1.807) is 0 Å². The van der Waals surface area contributed by atoms with Crippen LogP contribution in [0.4, 0.5) is 0 Å². The van der Waals surface area contributed by atoms with Crippen molar-refractivity contribution in [1.82, 2.24) is 0 Å². The Morgan fingerprint density at radius 2 is 1.86 bits per heavy atom. The summed E-state index contributed by atoms with van der Waals surface area (Å²) in [6.07, 6.45) is 9.37. The van der Waals surface area contributed by atoms with Crippen molar-refractivity contribution < 1.29 is 5.11 Å². The van der Waals surface area contributed by atoms with E-state index in [2.05, 4.69) is 13.8 Å². The van der Waals surface area contributed by atoms with Crippen LogP contribution in [0.3, 0.4) is 0 Å². The third kappa shape index (κ3) is 1.71. The molecule has 2 fully saturated rings. The van der Waals surface area contributed by atoms with E-state index in [1.165, 1.54) is 44.9 Å². The summed E-state index contributed by atoms with van der Waals surface area (Å²) >= 11 is 0. The van der Waals surface area contributed by atoms with Crippen LogP contribution in [-0.2, 0) is 0 Å². The van der Waals surface area contributed by atoms with E-state index in [-0.39, 0.29) is 0 Å². The lowest BCUT2D eigenvalue weighted by molar-refractivity contribution is -0.0481. The zero-order valence-corrected chi connectivity index (χ0v) is 9.68. The molecule has 0 saturated heterocycles. The quantitative estimate of drug-likeness (QED) is 0.718. The van der Waals surface area contributed by atoms with Gasteiger partial charge in [0.05, 0.1) is 0 Å². The fourth-order valence-corrected chi connectivity index (χ4v) is 3.55. The lowest BCUT2D eigenvalue weighted by Gasteiger charge is -2.51. The Labute approximate surface area is 87.9 Å². The molecule has 14 heavy (non-hydrogen) atoms. The predicted octanol–water partition coefficient (Wildman–Crippen LogP) is 3.37. The molecular weight excluding hydrogens is 172 g/mol. The maximum absolute atomic E-state index is 9.56. The van der Waals surface area contributed by atoms with Crippen molar-refractivity contribution in [3.05, 3.63) is 0 Å². The number of aliphatic hydroxyl groups is 1. The topological polar surface area (TPSA) is 20.2 Å². The molecule has 0 aromatic rings. The van der Waals surface area contributed by atoms with Crippen molar-refractivity contribution in [2.45, 2.75) is 58.8 Å². The summed E-state index contributed by atoms with van der Waals surface area (Å²) in [5.74, 6) is 0.810. The number of rotatable bonds is 2. The number of aliphatic hydroxyl groups excluding tert-OH is 1. The Kier molecular flexibility index (Phi) is 2.63. The Morgan fingerprint density at radius 1 is 1.14 bits per heavy atom. The zero-order chi connectivity index (χ0) is 10.2. The number of hydrogen-bond acceptors (Lipinski definition) is 1. The second-order valence-corrected chi connectivity index (χ2v) is 6.33. The lowest BCUT2D eigenvalue weighted by atomic mass is 9.55. The van der Waals surface area contributed by atoms with Gasteiger partial charge in [-0.3, -0.25) is 0 Å². The number of hydrogen-bond donors (Lipinski definition) is 1. The Morgan fingerprint density at radius 3 is 2.29 bits per heavy atom. The SMILES string of the molecule is CC1(C)CCCC(C2(CO)CCC2)C1. The van der Waals surface area contributed by atoms with Crippen LogP contribution in [0.1, 0.15) is 58.8 Å². The molecule has 0 aromatic heterocycles. The first-order chi connectivity index (χ1) is 6.58. The van der Waals surface area contributed by atoms with Gasteiger partial charge in [0, 0.05) is 6.61 Å². The first-order valence-corrected chi connectivity index (χ1v) is 6.19. The largest absolute Gasteiger partial charge is 0.396 e. The molecular formula is C13H24O. The molecule has 2 rings (SSSR count). The minimum Gasteiger partial charge on any atom is -0.396 e. The highest BCUT2D eigenvalue weighted by Gasteiger charge is 2.46. The summed E-state index contributed by atoms with van der Waals surface area (Å²) in [6.45, 7) is 5.22. The average Bonchev–Trinajstić information content (AvgIpc) is 2.01. The molecule has 1 N–H and O–H groups in total. The van der Waals surface area contributed by atoms with Gasteiger partial charge in [-0.1, -0.05) is 26.7 Å². The molecule has 1 heteroatoms. The fourth-order valence-electron chi connectivity index (χ4n) is 3.55. The molecule has 2 saturated carbocycles. The first-order valence-electron chi connectivity index (χ1n) is 6.19. The molecule has 1 atom stereocenters. The van der Waals surface area contributed by atoms with Crippen LogP contribution in [0, 0.1) is 16.7 Å². The molecule has 0 bridgehead atoms. The normalized spacial score (nSPS) is 34.9. The summed E-state index contributed by atoms with van der Waals surface area (Å²) < 4.78 is 0. The van der Waals surface area contributed by atoms with E-state index in [0.717, 1.165) is 5.92 Å². The van der Waals surface area contributed by atoms with Crippen LogP contribution in [0.2, 0.25) is 0 Å². The van der Waals surface area contributed by atoms with E-state index in [1.807, 2.05) is 0 Å². The fraction of sp³-hybridized carbons (Fsp3) is 1.00. The Balaban J connectivity index is 2.03. The smallest absolute Gasteiger partial charge is 0.0490 e. The Bertz CT molecular complexity index is 198. The predicted molar refractivity (Wildman–Crippen MR) is 59.1 cm³/mol. The zero-order valence-electron chi connectivity index (χ0n) is 9.68. The average molecular weight is 196 g/mol. The minimum atomic E-state index is 0.345. The second kappa shape index (κ2) is 3.52. The standard InChI is InChI=1S/C13H24O/c1-12(2)6-3-5-11(9-12)13(10-14)7-4-8-13/h11,14H,3-10H2,1-2H3. The molecule has 82 valence electrons. The Hall–Kier alpha value is -0.0400. The summed E-state index contributed by atoms with van der Waals surface area (Å²) in [7, 11) is 0. The van der Waals surface area contributed by atoms with E-state index in [9.17, 15) is 5.11 Å². The molecule has 2 aliphatic carbocycles. The van der Waals surface area contributed by atoms with Gasteiger partial charge in [-0.25, -0.2) is 0 Å². The van der Waals surface area contributed by atoms with Gasteiger partial charge in [-0.2, -0.15) is 0 Å². The second-order valence-electron chi connectivity index (χ2n) is 6.33. The minimum absolute atomic E-state index is 0.345. The van der Waals surface area contributed by atoms with Crippen molar-refractivity contribution >= 4 is 0 Å². The molecule has 1 nitrogen and oxygen atoms in total. The summed E-state index contributed by atoms with van der Waals surface area (Å²) in [4.78, 5) is 0. The van der Waals surface area contributed by atoms with Crippen molar-refractivity contribution in [3.8, 4) is 0 Å². The molecule has 0 aliphatic heterocycles. The van der Waals surface area contributed by atoms with Gasteiger partial charge in [0.25, 0.3) is 0 Å². The van der Waals surface area contributed by atoms with E-state index in [4.69, 9.17) is 0 Å². The monoisotopic (exact) mass is 196 g/mol. The van der Waals surface area contributed by atoms with Crippen LogP contribution >= 0.6 is 0 Å². The first kappa shape index (κ1) is 10.5. The van der Waals surface area contributed by atoms with E-state index >= 15 is 0 Å². The third-order valence-electron chi connectivity index (χ3n) is 4.74. The molecule has 2 aliphatic rings. The van der Waals surface area contributed by atoms with Gasteiger partial charge in [0.1, 0.15) is 0 Å². The van der Waals surface area contributed by atoms with E-state index in [0.29, 0.717) is 17.4 Å². The van der Waals surface area contributed by atoms with Crippen molar-refractivity contribution in [3.63, 3.8) is 0 Å². The van der Waals surface area contributed by atoms with Gasteiger partial charge in [0.15, 0.2) is 0 Å². The summed E-state index contributed by atoms with van der Waals surface area (Å²) in [6, 6.07) is 0. The van der Waals surface area contributed by atoms with E-state index < -0.39 is 0 Å². The van der Waals surface area contributed by atoms with Crippen molar-refractivity contribution in [1.29, 1.82) is 0 Å². The van der Waals surface area contributed by atoms with Crippen molar-refractivity contribution in [2.75, 3.05) is 6.61 Å². The van der Waals surface area contributed by atoms with Gasteiger partial charge < -0.3 is 5.11 Å². The molecule has 0 amide bonds. The third-order valence-corrected chi connectivity index (χ3v) is 4.74. The molecule has 0 radical (unpaired) electrons. The van der Waals surface area contributed by atoms with Crippen LogP contribution in [-0.4, -0.2) is 11.7 Å². The molecule has 0 spiro atoms. The van der Waals surface area contributed by atoms with Gasteiger partial charge in [-0.15, -0.1) is 0 Å². The molecule has 0 aromatic carbocycles. The summed E-state index contributed by atoms with van der Waals surface area (Å²) in [5.41, 5.74) is 0.873. The maximum atomic E-state index is 9.56. The highest BCUT2D eigenvalue weighted by atomic mass is 16.3. The molecule has 0 heterocycles. The highest BCUT2D eigenvalue weighted by Crippen LogP contribution is 2.54. The van der Waals surface area contributed by atoms with Crippen LogP contribution in [0.25, 0.3) is 0 Å². The van der Waals surface area contributed by atoms with Crippen LogP contribution < -0.4 is 0 Å². The van der Waals surface area contributed by atoms with Crippen LogP contribution in [0.5, 0.6) is 0 Å². The van der Waals surface area contributed by atoms with Crippen LogP contribution in [0.15, 0.2) is 0 Å². The van der Waals surface area contributed by atoms with Gasteiger partial charge in [0.2, 0.25) is 0 Å². The van der Waals surface area contributed by atoms with Gasteiger partial charge >= 0.3 is 0 Å². The maximum Gasteiger partial charge on any atom is 0.0490 e. The summed E-state index contributed by atoms with van der Waals surface area (Å²) in [5, 5.41) is 9.56. The highest BCUT2D eigenvalue weighted by molar-refractivity contribution is 4.96.